The molecule has 0 unspecified atom stereocenters. The molecule has 1 aromatic carbocycles. The molecule has 2 aliphatic rings. The lowest BCUT2D eigenvalue weighted by Gasteiger charge is -2.30. The van der Waals surface area contributed by atoms with Gasteiger partial charge >= 0.3 is 0 Å². The second-order valence-corrected chi connectivity index (χ2v) is 10.0. The number of sulfonamides is 1. The zero-order valence-electron chi connectivity index (χ0n) is 16.2. The van der Waals surface area contributed by atoms with Gasteiger partial charge in [-0.15, -0.1) is 0 Å². The van der Waals surface area contributed by atoms with E-state index in [1.165, 1.54) is 22.7 Å². The number of amides is 1. The van der Waals surface area contributed by atoms with Crippen LogP contribution in [0.5, 0.6) is 0 Å². The molecule has 1 aliphatic carbocycles. The van der Waals surface area contributed by atoms with Crippen molar-refractivity contribution in [2.45, 2.75) is 50.7 Å². The monoisotopic (exact) mass is 424 g/mol. The van der Waals surface area contributed by atoms with Gasteiger partial charge in [-0.3, -0.25) is 4.79 Å². The van der Waals surface area contributed by atoms with Gasteiger partial charge in [0.2, 0.25) is 15.9 Å². The molecule has 154 valence electrons. The van der Waals surface area contributed by atoms with E-state index < -0.39 is 10.0 Å². The quantitative estimate of drug-likeness (QED) is 0.675. The Kier molecular flexibility index (Phi) is 7.55. The minimum absolute atomic E-state index is 0.0551. The number of benzene rings is 1. The fraction of sp³-hybridized carbons (Fsp3) is 0.571. The van der Waals surface area contributed by atoms with E-state index >= 15 is 0 Å². The van der Waals surface area contributed by atoms with Crippen LogP contribution in [0.2, 0.25) is 5.02 Å². The van der Waals surface area contributed by atoms with E-state index in [2.05, 4.69) is 11.4 Å². The molecular formula is C21H29ClN2O3S. The third-order valence-corrected chi connectivity index (χ3v) is 7.84. The van der Waals surface area contributed by atoms with Gasteiger partial charge in [0.15, 0.2) is 0 Å². The van der Waals surface area contributed by atoms with E-state index in [0.29, 0.717) is 43.1 Å². The van der Waals surface area contributed by atoms with Crippen molar-refractivity contribution >= 4 is 27.5 Å². The standard InChI is InChI=1S/C21H29ClN2O3S/c22-20-9-5-4-8-19(20)16-28(26,27)24-14-11-18(12-15-24)21(25)23-13-10-17-6-2-1-3-7-17/h4-6,8-9,18H,1-3,7,10-16H2,(H,23,25). The SMILES string of the molecule is O=C(NCCC1=CCCCC1)C1CCN(S(=O)(=O)Cc2ccccc2Cl)CC1. The number of rotatable bonds is 7. The van der Waals surface area contributed by atoms with E-state index in [4.69, 9.17) is 11.6 Å². The van der Waals surface area contributed by atoms with Gasteiger partial charge in [-0.05, 0) is 56.6 Å². The summed E-state index contributed by atoms with van der Waals surface area (Å²) < 4.78 is 26.9. The molecule has 3 rings (SSSR count). The van der Waals surface area contributed by atoms with Crippen molar-refractivity contribution in [3.05, 3.63) is 46.5 Å². The highest BCUT2D eigenvalue weighted by Gasteiger charge is 2.31. The number of nitrogens with zero attached hydrogens (tertiary/aromatic N) is 1. The maximum atomic E-state index is 12.7. The molecule has 0 saturated carbocycles. The Bertz CT molecular complexity index is 815. The highest BCUT2D eigenvalue weighted by molar-refractivity contribution is 7.88. The first-order valence-electron chi connectivity index (χ1n) is 10.1. The second-order valence-electron chi connectivity index (χ2n) is 7.67. The summed E-state index contributed by atoms with van der Waals surface area (Å²) in [4.78, 5) is 12.4. The Labute approximate surface area is 173 Å². The number of allylic oxidation sites excluding steroid dienone is 1. The van der Waals surface area contributed by atoms with Crippen LogP contribution in [0.25, 0.3) is 0 Å². The summed E-state index contributed by atoms with van der Waals surface area (Å²) in [6.07, 6.45) is 9.19. The third kappa shape index (κ3) is 5.82. The highest BCUT2D eigenvalue weighted by Crippen LogP contribution is 2.24. The zero-order chi connectivity index (χ0) is 20.0. The molecule has 7 heteroatoms. The molecule has 1 saturated heterocycles. The number of halogens is 1. The van der Waals surface area contributed by atoms with E-state index in [1.807, 2.05) is 0 Å². The Morgan fingerprint density at radius 1 is 1.18 bits per heavy atom. The van der Waals surface area contributed by atoms with Crippen molar-refractivity contribution in [3.63, 3.8) is 0 Å². The van der Waals surface area contributed by atoms with Crippen molar-refractivity contribution in [2.24, 2.45) is 5.92 Å². The van der Waals surface area contributed by atoms with Gasteiger partial charge in [-0.25, -0.2) is 12.7 Å². The molecule has 5 nitrogen and oxygen atoms in total. The van der Waals surface area contributed by atoms with Crippen molar-refractivity contribution < 1.29 is 13.2 Å². The largest absolute Gasteiger partial charge is 0.356 e. The van der Waals surface area contributed by atoms with E-state index in [1.54, 1.807) is 24.3 Å². The minimum Gasteiger partial charge on any atom is -0.356 e. The summed E-state index contributed by atoms with van der Waals surface area (Å²) in [6.45, 7) is 1.45. The summed E-state index contributed by atoms with van der Waals surface area (Å²) in [7, 11) is -3.43. The first-order chi connectivity index (χ1) is 13.5. The van der Waals surface area contributed by atoms with Crippen LogP contribution in [-0.2, 0) is 20.6 Å². The van der Waals surface area contributed by atoms with Crippen molar-refractivity contribution in [3.8, 4) is 0 Å². The molecule has 1 amide bonds. The van der Waals surface area contributed by atoms with Gasteiger partial charge in [0.25, 0.3) is 0 Å². The molecule has 0 atom stereocenters. The van der Waals surface area contributed by atoms with Crippen LogP contribution >= 0.6 is 11.6 Å². The number of nitrogens with one attached hydrogen (secondary N) is 1. The lowest BCUT2D eigenvalue weighted by Crippen LogP contribution is -2.43. The Morgan fingerprint density at radius 2 is 1.93 bits per heavy atom. The number of carbonyl (C=O) groups excluding carboxylic acids is 1. The van der Waals surface area contributed by atoms with Crippen LogP contribution in [0.4, 0.5) is 0 Å². The molecule has 1 N–H and O–H groups in total. The molecule has 0 spiro atoms. The normalized spacial score (nSPS) is 19.2. The predicted molar refractivity (Wildman–Crippen MR) is 113 cm³/mol. The first-order valence-corrected chi connectivity index (χ1v) is 12.1. The van der Waals surface area contributed by atoms with Crippen LogP contribution in [0.15, 0.2) is 35.9 Å². The smallest absolute Gasteiger partial charge is 0.223 e. The number of carbonyl (C=O) groups is 1. The van der Waals surface area contributed by atoms with Crippen molar-refractivity contribution in [1.29, 1.82) is 0 Å². The summed E-state index contributed by atoms with van der Waals surface area (Å²) in [6, 6.07) is 7.01. The van der Waals surface area contributed by atoms with E-state index in [-0.39, 0.29) is 17.6 Å². The van der Waals surface area contributed by atoms with Gasteiger partial charge in [0.1, 0.15) is 0 Å². The van der Waals surface area contributed by atoms with Gasteiger partial charge in [0, 0.05) is 30.6 Å². The molecule has 1 fully saturated rings. The maximum Gasteiger partial charge on any atom is 0.223 e. The average Bonchev–Trinajstić information content (AvgIpc) is 2.70. The highest BCUT2D eigenvalue weighted by atomic mass is 35.5. The topological polar surface area (TPSA) is 66.5 Å². The fourth-order valence-electron chi connectivity index (χ4n) is 3.92. The van der Waals surface area contributed by atoms with E-state index in [0.717, 1.165) is 19.3 Å². The fourth-order valence-corrected chi connectivity index (χ4v) is 5.80. The molecule has 1 aromatic rings. The van der Waals surface area contributed by atoms with Crippen molar-refractivity contribution in [1.82, 2.24) is 9.62 Å². The molecular weight excluding hydrogens is 396 g/mol. The average molecular weight is 425 g/mol. The minimum atomic E-state index is -3.43. The lowest BCUT2D eigenvalue weighted by molar-refractivity contribution is -0.126. The Morgan fingerprint density at radius 3 is 2.61 bits per heavy atom. The van der Waals surface area contributed by atoms with Crippen LogP contribution in [0.3, 0.4) is 0 Å². The lowest BCUT2D eigenvalue weighted by atomic mass is 9.96. The van der Waals surface area contributed by atoms with Gasteiger partial charge in [-0.1, -0.05) is 41.4 Å². The first kappa shape index (κ1) is 21.3. The Hall–Kier alpha value is -1.37. The number of hydrogen-bond acceptors (Lipinski definition) is 3. The third-order valence-electron chi connectivity index (χ3n) is 5.64. The number of hydrogen-bond donors (Lipinski definition) is 1. The molecule has 0 bridgehead atoms. The van der Waals surface area contributed by atoms with Gasteiger partial charge in [0.05, 0.1) is 5.75 Å². The van der Waals surface area contributed by atoms with Crippen LogP contribution in [0, 0.1) is 5.92 Å². The molecule has 0 radical (unpaired) electrons. The summed E-state index contributed by atoms with van der Waals surface area (Å²) >= 11 is 6.10. The number of piperidine rings is 1. The molecule has 1 aliphatic heterocycles. The van der Waals surface area contributed by atoms with Gasteiger partial charge < -0.3 is 5.32 Å². The van der Waals surface area contributed by atoms with Crippen LogP contribution < -0.4 is 5.32 Å². The van der Waals surface area contributed by atoms with Gasteiger partial charge in [-0.2, -0.15) is 0 Å². The Balaban J connectivity index is 1.44. The maximum absolute atomic E-state index is 12.7. The second kappa shape index (κ2) is 9.90. The van der Waals surface area contributed by atoms with Crippen LogP contribution in [-0.4, -0.2) is 38.3 Å². The van der Waals surface area contributed by atoms with Crippen LogP contribution in [0.1, 0.15) is 50.5 Å². The predicted octanol–water partition coefficient (Wildman–Crippen LogP) is 3.89. The van der Waals surface area contributed by atoms with E-state index in [9.17, 15) is 13.2 Å². The molecule has 1 heterocycles. The summed E-state index contributed by atoms with van der Waals surface area (Å²) in [5.41, 5.74) is 2.06. The molecule has 28 heavy (non-hydrogen) atoms. The van der Waals surface area contributed by atoms with Crippen molar-refractivity contribution in [2.75, 3.05) is 19.6 Å². The molecule has 0 aromatic heterocycles. The zero-order valence-corrected chi connectivity index (χ0v) is 17.8. The summed E-state index contributed by atoms with van der Waals surface area (Å²) in [5, 5.41) is 3.50. The summed E-state index contributed by atoms with van der Waals surface area (Å²) in [5.74, 6) is -0.148.